The molecule has 4 heteroatoms. The first-order valence-electron chi connectivity index (χ1n) is 5.36. The third kappa shape index (κ3) is 1.63. The van der Waals surface area contributed by atoms with Crippen LogP contribution in [0.1, 0.15) is 18.9 Å². The summed E-state index contributed by atoms with van der Waals surface area (Å²) >= 11 is 0. The minimum atomic E-state index is -0.465. The van der Waals surface area contributed by atoms with E-state index in [1.54, 1.807) is 12.1 Å². The van der Waals surface area contributed by atoms with Crippen molar-refractivity contribution >= 4 is 5.69 Å². The van der Waals surface area contributed by atoms with Gasteiger partial charge in [0.25, 0.3) is 0 Å². The van der Waals surface area contributed by atoms with E-state index in [1.165, 1.54) is 6.07 Å². The van der Waals surface area contributed by atoms with Crippen molar-refractivity contribution < 1.29 is 4.39 Å². The van der Waals surface area contributed by atoms with E-state index in [0.717, 1.165) is 13.0 Å². The van der Waals surface area contributed by atoms with Crippen molar-refractivity contribution in [2.75, 3.05) is 11.4 Å². The van der Waals surface area contributed by atoms with Crippen molar-refractivity contribution in [2.24, 2.45) is 5.73 Å². The molecule has 2 N–H and O–H groups in total. The van der Waals surface area contributed by atoms with Crippen LogP contribution in [0.4, 0.5) is 10.1 Å². The average Bonchev–Trinajstić information content (AvgIpc) is 2.59. The lowest BCUT2D eigenvalue weighted by Gasteiger charge is -2.26. The summed E-state index contributed by atoms with van der Waals surface area (Å²) in [6.07, 6.45) is 0.878. The molecule has 2 unspecified atom stereocenters. The van der Waals surface area contributed by atoms with Crippen molar-refractivity contribution in [2.45, 2.75) is 25.4 Å². The molecule has 0 amide bonds. The number of halogens is 1. The number of benzene rings is 1. The van der Waals surface area contributed by atoms with Crippen LogP contribution in [0.5, 0.6) is 0 Å². The number of nitrogens with two attached hydrogens (primary N) is 1. The highest BCUT2D eigenvalue weighted by molar-refractivity contribution is 5.61. The Bertz CT molecular complexity index is 438. The van der Waals surface area contributed by atoms with E-state index in [-0.39, 0.29) is 17.6 Å². The first kappa shape index (κ1) is 10.9. The summed E-state index contributed by atoms with van der Waals surface area (Å²) in [4.78, 5) is 2.01. The molecule has 2 rings (SSSR count). The molecule has 1 heterocycles. The molecular formula is C12H14FN3. The van der Waals surface area contributed by atoms with Crippen molar-refractivity contribution in [1.29, 1.82) is 5.26 Å². The second kappa shape index (κ2) is 4.11. The molecule has 0 saturated carbocycles. The van der Waals surface area contributed by atoms with Gasteiger partial charge in [-0.1, -0.05) is 6.07 Å². The number of hydrogen-bond donors (Lipinski definition) is 1. The van der Waals surface area contributed by atoms with Crippen molar-refractivity contribution in [1.82, 2.24) is 0 Å². The summed E-state index contributed by atoms with van der Waals surface area (Å²) in [6.45, 7) is 2.78. The van der Waals surface area contributed by atoms with E-state index in [0.29, 0.717) is 5.69 Å². The Balaban J connectivity index is 2.42. The van der Waals surface area contributed by atoms with Gasteiger partial charge >= 0.3 is 0 Å². The quantitative estimate of drug-likeness (QED) is 0.781. The monoisotopic (exact) mass is 219 g/mol. The molecule has 1 aromatic carbocycles. The van der Waals surface area contributed by atoms with Gasteiger partial charge in [0.15, 0.2) is 0 Å². The number of nitriles is 1. The number of nitrogens with zero attached hydrogens (tertiary/aromatic N) is 2. The number of anilines is 1. The second-order valence-corrected chi connectivity index (χ2v) is 4.13. The van der Waals surface area contributed by atoms with E-state index in [9.17, 15) is 4.39 Å². The minimum absolute atomic E-state index is 0.0924. The molecule has 1 aliphatic rings. The van der Waals surface area contributed by atoms with Crippen LogP contribution in [0.2, 0.25) is 0 Å². The van der Waals surface area contributed by atoms with Crippen LogP contribution in [0.15, 0.2) is 18.2 Å². The standard InChI is InChI=1S/C12H14FN3/c1-8-11(15)5-6-16(8)12-4-2-3-10(13)9(12)7-14/h2-4,8,11H,5-6,15H2,1H3. The molecule has 0 bridgehead atoms. The van der Waals surface area contributed by atoms with E-state index in [1.807, 2.05) is 17.9 Å². The second-order valence-electron chi connectivity index (χ2n) is 4.13. The number of hydrogen-bond acceptors (Lipinski definition) is 3. The van der Waals surface area contributed by atoms with Crippen molar-refractivity contribution in [3.05, 3.63) is 29.6 Å². The Kier molecular flexibility index (Phi) is 2.80. The predicted octanol–water partition coefficient (Wildman–Crippen LogP) is 1.62. The summed E-state index contributed by atoms with van der Waals surface area (Å²) in [6, 6.07) is 6.87. The third-order valence-corrected chi connectivity index (χ3v) is 3.23. The van der Waals surface area contributed by atoms with Gasteiger partial charge in [-0.2, -0.15) is 5.26 Å². The zero-order valence-electron chi connectivity index (χ0n) is 9.15. The Hall–Kier alpha value is -1.60. The molecule has 16 heavy (non-hydrogen) atoms. The first-order valence-corrected chi connectivity index (χ1v) is 5.36. The lowest BCUT2D eigenvalue weighted by atomic mass is 10.1. The maximum atomic E-state index is 13.4. The topological polar surface area (TPSA) is 53.0 Å². The van der Waals surface area contributed by atoms with Gasteiger partial charge < -0.3 is 10.6 Å². The molecule has 0 radical (unpaired) electrons. The molecule has 0 aliphatic carbocycles. The molecule has 0 spiro atoms. The van der Waals surface area contributed by atoms with Crippen molar-refractivity contribution in [3.63, 3.8) is 0 Å². The molecule has 1 aliphatic heterocycles. The van der Waals surface area contributed by atoms with E-state index < -0.39 is 5.82 Å². The molecular weight excluding hydrogens is 205 g/mol. The Morgan fingerprint density at radius 2 is 2.31 bits per heavy atom. The molecule has 84 valence electrons. The Labute approximate surface area is 94.3 Å². The normalized spacial score (nSPS) is 24.5. The fourth-order valence-electron chi connectivity index (χ4n) is 2.17. The maximum Gasteiger partial charge on any atom is 0.143 e. The van der Waals surface area contributed by atoms with Crippen LogP contribution in [-0.4, -0.2) is 18.6 Å². The van der Waals surface area contributed by atoms with Gasteiger partial charge in [0.2, 0.25) is 0 Å². The van der Waals surface area contributed by atoms with Gasteiger partial charge in [-0.25, -0.2) is 4.39 Å². The van der Waals surface area contributed by atoms with E-state index in [4.69, 9.17) is 11.0 Å². The fraction of sp³-hybridized carbons (Fsp3) is 0.417. The minimum Gasteiger partial charge on any atom is -0.366 e. The summed E-state index contributed by atoms with van der Waals surface area (Å²) in [5.41, 5.74) is 6.69. The zero-order valence-corrected chi connectivity index (χ0v) is 9.15. The molecule has 2 atom stereocenters. The lowest BCUT2D eigenvalue weighted by molar-refractivity contribution is 0.612. The van der Waals surface area contributed by atoms with Gasteiger partial charge in [0, 0.05) is 18.6 Å². The van der Waals surface area contributed by atoms with Gasteiger partial charge in [0.1, 0.15) is 17.4 Å². The largest absolute Gasteiger partial charge is 0.366 e. The average molecular weight is 219 g/mol. The lowest BCUT2D eigenvalue weighted by Crippen LogP contribution is -2.37. The Morgan fingerprint density at radius 3 is 2.88 bits per heavy atom. The maximum absolute atomic E-state index is 13.4. The highest BCUT2D eigenvalue weighted by Crippen LogP contribution is 2.28. The predicted molar refractivity (Wildman–Crippen MR) is 60.5 cm³/mol. The highest BCUT2D eigenvalue weighted by Gasteiger charge is 2.29. The molecule has 1 saturated heterocycles. The summed E-state index contributed by atoms with van der Waals surface area (Å²) < 4.78 is 13.4. The van der Waals surface area contributed by atoms with Crippen LogP contribution >= 0.6 is 0 Å². The van der Waals surface area contributed by atoms with E-state index in [2.05, 4.69) is 0 Å². The Morgan fingerprint density at radius 1 is 1.56 bits per heavy atom. The van der Waals surface area contributed by atoms with Crippen molar-refractivity contribution in [3.8, 4) is 6.07 Å². The first-order chi connectivity index (χ1) is 7.65. The molecule has 3 nitrogen and oxygen atoms in total. The van der Waals surface area contributed by atoms with Gasteiger partial charge in [-0.05, 0) is 25.5 Å². The van der Waals surface area contributed by atoms with Crippen LogP contribution in [0.25, 0.3) is 0 Å². The zero-order chi connectivity index (χ0) is 11.7. The number of rotatable bonds is 1. The molecule has 0 aromatic heterocycles. The fourth-order valence-corrected chi connectivity index (χ4v) is 2.17. The SMILES string of the molecule is CC1C(N)CCN1c1cccc(F)c1C#N. The third-order valence-electron chi connectivity index (χ3n) is 3.23. The summed E-state index contributed by atoms with van der Waals surface area (Å²) in [7, 11) is 0. The van der Waals surface area contributed by atoms with Crippen LogP contribution in [0.3, 0.4) is 0 Å². The van der Waals surface area contributed by atoms with Crippen LogP contribution < -0.4 is 10.6 Å². The molecule has 1 aromatic rings. The van der Waals surface area contributed by atoms with E-state index >= 15 is 0 Å². The summed E-state index contributed by atoms with van der Waals surface area (Å²) in [5.74, 6) is -0.465. The highest BCUT2D eigenvalue weighted by atomic mass is 19.1. The van der Waals surface area contributed by atoms with Gasteiger partial charge in [-0.3, -0.25) is 0 Å². The van der Waals surface area contributed by atoms with Gasteiger partial charge in [-0.15, -0.1) is 0 Å². The molecule has 1 fully saturated rings. The van der Waals surface area contributed by atoms with Crippen LogP contribution in [0, 0.1) is 17.1 Å². The summed E-state index contributed by atoms with van der Waals surface area (Å²) in [5, 5.41) is 8.96. The van der Waals surface area contributed by atoms with Gasteiger partial charge in [0.05, 0.1) is 5.69 Å². The van der Waals surface area contributed by atoms with Crippen LogP contribution in [-0.2, 0) is 0 Å². The smallest absolute Gasteiger partial charge is 0.143 e.